The third-order valence-electron chi connectivity index (χ3n) is 5.36. The highest BCUT2D eigenvalue weighted by Gasteiger charge is 2.59. The zero-order valence-electron chi connectivity index (χ0n) is 17.1. The van der Waals surface area contributed by atoms with E-state index >= 15 is 0 Å². The molecule has 172 valence electrons. The van der Waals surface area contributed by atoms with Gasteiger partial charge in [0.15, 0.2) is 5.82 Å². The second-order valence-corrected chi connectivity index (χ2v) is 8.49. The Bertz CT molecular complexity index is 1060. The van der Waals surface area contributed by atoms with E-state index in [0.29, 0.717) is 31.3 Å². The van der Waals surface area contributed by atoms with Gasteiger partial charge in [-0.05, 0) is 11.4 Å². The van der Waals surface area contributed by atoms with Crippen LogP contribution >= 0.6 is 11.3 Å². The SMILES string of the molecule is Cn1ccnc1C(O)(CC(=O)N1CCN(Cc2nc(-c3cccs3)no2)CC1)C(F)(F)F. The number of aliphatic hydroxyl groups is 1. The molecular formula is C19H21F3N6O3S. The topological polar surface area (TPSA) is 101 Å². The minimum absolute atomic E-state index is 0.221. The lowest BCUT2D eigenvalue weighted by Gasteiger charge is -2.36. The molecule has 4 rings (SSSR count). The Balaban J connectivity index is 1.35. The molecule has 32 heavy (non-hydrogen) atoms. The molecule has 1 atom stereocenters. The molecule has 9 nitrogen and oxygen atoms in total. The molecule has 0 spiro atoms. The fraction of sp³-hybridized carbons (Fsp3) is 0.474. The van der Waals surface area contributed by atoms with Crippen molar-refractivity contribution < 1.29 is 27.6 Å². The number of carbonyl (C=O) groups excluding carboxylic acids is 1. The summed E-state index contributed by atoms with van der Waals surface area (Å²) < 4.78 is 47.4. The molecule has 1 saturated heterocycles. The van der Waals surface area contributed by atoms with E-state index < -0.39 is 29.9 Å². The number of imidazole rings is 1. The zero-order chi connectivity index (χ0) is 22.9. The number of halogens is 3. The zero-order valence-corrected chi connectivity index (χ0v) is 17.9. The predicted molar refractivity (Wildman–Crippen MR) is 107 cm³/mol. The Morgan fingerprint density at radius 3 is 2.62 bits per heavy atom. The number of rotatable bonds is 6. The maximum Gasteiger partial charge on any atom is 0.425 e. The van der Waals surface area contributed by atoms with Crippen LogP contribution in [0.5, 0.6) is 0 Å². The second-order valence-electron chi connectivity index (χ2n) is 7.54. The summed E-state index contributed by atoms with van der Waals surface area (Å²) in [6.07, 6.45) is -3.75. The number of alkyl halides is 3. The highest BCUT2D eigenvalue weighted by molar-refractivity contribution is 7.13. The third kappa shape index (κ3) is 4.40. The van der Waals surface area contributed by atoms with Crippen LogP contribution in [0.25, 0.3) is 10.7 Å². The summed E-state index contributed by atoms with van der Waals surface area (Å²) in [7, 11) is 1.34. The smallest absolute Gasteiger partial charge is 0.374 e. The van der Waals surface area contributed by atoms with Crippen LogP contribution in [0.4, 0.5) is 13.2 Å². The molecule has 0 saturated carbocycles. The van der Waals surface area contributed by atoms with Gasteiger partial charge in [0.2, 0.25) is 23.2 Å². The van der Waals surface area contributed by atoms with Crippen molar-refractivity contribution in [2.45, 2.75) is 24.7 Å². The molecule has 1 unspecified atom stereocenters. The highest BCUT2D eigenvalue weighted by Crippen LogP contribution is 2.41. The first kappa shape index (κ1) is 22.4. The van der Waals surface area contributed by atoms with Crippen molar-refractivity contribution in [2.75, 3.05) is 26.2 Å². The van der Waals surface area contributed by atoms with Crippen molar-refractivity contribution in [3.8, 4) is 10.7 Å². The lowest BCUT2D eigenvalue weighted by Crippen LogP contribution is -2.52. The molecule has 1 N–H and O–H groups in total. The van der Waals surface area contributed by atoms with Crippen molar-refractivity contribution in [3.63, 3.8) is 0 Å². The van der Waals surface area contributed by atoms with E-state index in [0.717, 1.165) is 15.6 Å². The summed E-state index contributed by atoms with van der Waals surface area (Å²) in [6, 6.07) is 3.77. The van der Waals surface area contributed by atoms with Crippen LogP contribution in [0.1, 0.15) is 18.1 Å². The molecule has 1 fully saturated rings. The van der Waals surface area contributed by atoms with E-state index in [9.17, 15) is 23.1 Å². The molecular weight excluding hydrogens is 449 g/mol. The molecule has 1 amide bonds. The molecule has 13 heteroatoms. The molecule has 3 aromatic heterocycles. The van der Waals surface area contributed by atoms with Gasteiger partial charge in [-0.1, -0.05) is 11.2 Å². The summed E-state index contributed by atoms with van der Waals surface area (Å²) in [4.78, 5) is 24.8. The Morgan fingerprint density at radius 1 is 1.28 bits per heavy atom. The number of piperazine rings is 1. The first-order chi connectivity index (χ1) is 15.2. The van der Waals surface area contributed by atoms with Gasteiger partial charge in [0.1, 0.15) is 0 Å². The van der Waals surface area contributed by atoms with Gasteiger partial charge in [-0.3, -0.25) is 9.69 Å². The summed E-state index contributed by atoms with van der Waals surface area (Å²) >= 11 is 1.50. The van der Waals surface area contributed by atoms with Crippen LogP contribution in [0, 0.1) is 0 Å². The molecule has 1 aliphatic heterocycles. The van der Waals surface area contributed by atoms with E-state index in [1.165, 1.54) is 29.5 Å². The lowest BCUT2D eigenvalue weighted by atomic mass is 9.96. The van der Waals surface area contributed by atoms with E-state index in [-0.39, 0.29) is 13.1 Å². The lowest BCUT2D eigenvalue weighted by molar-refractivity contribution is -0.272. The number of hydrogen-bond donors (Lipinski definition) is 1. The van der Waals surface area contributed by atoms with Crippen LogP contribution in [-0.2, 0) is 24.0 Å². The van der Waals surface area contributed by atoms with Crippen LogP contribution in [0.3, 0.4) is 0 Å². The minimum atomic E-state index is -5.05. The fourth-order valence-electron chi connectivity index (χ4n) is 3.57. The maximum absolute atomic E-state index is 13.7. The number of hydrogen-bond acceptors (Lipinski definition) is 8. The number of aryl methyl sites for hydroxylation is 1. The number of thiophene rings is 1. The van der Waals surface area contributed by atoms with Crippen molar-refractivity contribution in [1.82, 2.24) is 29.5 Å². The summed E-state index contributed by atoms with van der Waals surface area (Å²) in [5.41, 5.74) is -3.36. The standard InChI is InChI=1S/C19H21F3N6O3S/c1-26-5-4-23-17(26)18(30,19(20,21)22)11-15(29)28-8-6-27(7-9-28)12-14-24-16(25-31-14)13-3-2-10-32-13/h2-5,10,30H,6-9,11-12H2,1H3. The van der Waals surface area contributed by atoms with Crippen molar-refractivity contribution in [3.05, 3.63) is 41.6 Å². The van der Waals surface area contributed by atoms with Gasteiger partial charge in [0.25, 0.3) is 0 Å². The fourth-order valence-corrected chi connectivity index (χ4v) is 4.22. The van der Waals surface area contributed by atoms with Gasteiger partial charge >= 0.3 is 6.18 Å². The quantitative estimate of drug-likeness (QED) is 0.588. The summed E-state index contributed by atoms with van der Waals surface area (Å²) in [5.74, 6) is -0.473. The molecule has 1 aliphatic rings. The molecule has 0 aromatic carbocycles. The molecule has 0 aliphatic carbocycles. The van der Waals surface area contributed by atoms with Gasteiger partial charge in [0, 0.05) is 45.6 Å². The van der Waals surface area contributed by atoms with Crippen molar-refractivity contribution in [1.29, 1.82) is 0 Å². The largest absolute Gasteiger partial charge is 0.425 e. The van der Waals surface area contributed by atoms with Gasteiger partial charge < -0.3 is 19.1 Å². The van der Waals surface area contributed by atoms with Crippen LogP contribution in [-0.4, -0.2) is 72.9 Å². The monoisotopic (exact) mass is 470 g/mol. The Labute approximate surface area is 185 Å². The van der Waals surface area contributed by atoms with Gasteiger partial charge in [-0.2, -0.15) is 18.2 Å². The average Bonchev–Trinajstić information content (AvgIpc) is 3.49. The number of carbonyl (C=O) groups is 1. The molecule has 4 heterocycles. The minimum Gasteiger partial charge on any atom is -0.374 e. The van der Waals surface area contributed by atoms with Crippen molar-refractivity contribution in [2.24, 2.45) is 7.05 Å². The van der Waals surface area contributed by atoms with E-state index in [2.05, 4.69) is 15.1 Å². The summed E-state index contributed by atoms with van der Waals surface area (Å²) in [5, 5.41) is 16.3. The number of nitrogens with zero attached hydrogens (tertiary/aromatic N) is 6. The highest BCUT2D eigenvalue weighted by atomic mass is 32.1. The van der Waals surface area contributed by atoms with Crippen LogP contribution in [0.2, 0.25) is 0 Å². The third-order valence-corrected chi connectivity index (χ3v) is 6.23. The van der Waals surface area contributed by atoms with E-state index in [4.69, 9.17) is 4.52 Å². The van der Waals surface area contributed by atoms with Crippen molar-refractivity contribution >= 4 is 17.2 Å². The average molecular weight is 470 g/mol. The molecule has 0 radical (unpaired) electrons. The van der Waals surface area contributed by atoms with Gasteiger partial charge in [-0.15, -0.1) is 11.3 Å². The maximum atomic E-state index is 13.7. The van der Waals surface area contributed by atoms with Gasteiger partial charge in [0.05, 0.1) is 17.8 Å². The molecule has 3 aromatic rings. The second kappa shape index (κ2) is 8.64. The first-order valence-corrected chi connectivity index (χ1v) is 10.7. The van der Waals surface area contributed by atoms with Crippen LogP contribution in [0.15, 0.2) is 34.4 Å². The van der Waals surface area contributed by atoms with Crippen LogP contribution < -0.4 is 0 Å². The number of amides is 1. The normalized spacial score (nSPS) is 17.5. The Hall–Kier alpha value is -2.77. The predicted octanol–water partition coefficient (Wildman–Crippen LogP) is 2.02. The Morgan fingerprint density at radius 2 is 2.03 bits per heavy atom. The van der Waals surface area contributed by atoms with E-state index in [1.807, 2.05) is 22.4 Å². The summed E-state index contributed by atoms with van der Waals surface area (Å²) in [6.45, 7) is 1.67. The number of aromatic nitrogens is 4. The molecule has 0 bridgehead atoms. The van der Waals surface area contributed by atoms with E-state index in [1.54, 1.807) is 0 Å². The first-order valence-electron chi connectivity index (χ1n) is 9.81. The van der Waals surface area contributed by atoms with Gasteiger partial charge in [-0.25, -0.2) is 4.98 Å². The Kier molecular flexibility index (Phi) is 6.05.